The number of hydrogen-bond donors (Lipinski definition) is 2. The molecule has 2 aromatic rings. The number of amides is 1. The molecule has 0 saturated carbocycles. The van der Waals surface area contributed by atoms with Crippen molar-refractivity contribution in [2.45, 2.75) is 30.8 Å². The smallest absolute Gasteiger partial charge is 0.242 e. The molecule has 0 bridgehead atoms. The van der Waals surface area contributed by atoms with Crippen molar-refractivity contribution >= 4 is 50.9 Å². The average Bonchev–Trinajstić information content (AvgIpc) is 2.67. The van der Waals surface area contributed by atoms with Crippen molar-refractivity contribution in [1.29, 1.82) is 0 Å². The molecule has 0 spiro atoms. The molecule has 158 valence electrons. The van der Waals surface area contributed by atoms with Crippen molar-refractivity contribution in [3.8, 4) is 0 Å². The maximum Gasteiger partial charge on any atom is 0.242 e. The highest BCUT2D eigenvalue weighted by Gasteiger charge is 2.27. The monoisotopic (exact) mass is 478 g/mol. The molecule has 0 aliphatic heterocycles. The highest BCUT2D eigenvalue weighted by atomic mass is 35.5. The van der Waals surface area contributed by atoms with Crippen molar-refractivity contribution in [2.24, 2.45) is 0 Å². The molecular weight excluding hydrogens is 458 g/mol. The van der Waals surface area contributed by atoms with E-state index in [4.69, 9.17) is 23.2 Å². The van der Waals surface area contributed by atoms with Crippen molar-refractivity contribution in [1.82, 2.24) is 10.0 Å². The summed E-state index contributed by atoms with van der Waals surface area (Å²) < 4.78 is 41.3. The third-order valence-corrected chi connectivity index (χ3v) is 6.93. The van der Waals surface area contributed by atoms with Gasteiger partial charge in [0.2, 0.25) is 15.9 Å². The maximum atomic E-state index is 13.4. The van der Waals surface area contributed by atoms with Gasteiger partial charge in [0.1, 0.15) is 16.8 Å². The van der Waals surface area contributed by atoms with Gasteiger partial charge in [-0.25, -0.2) is 12.8 Å². The number of aryl methyl sites for hydroxylation is 1. The minimum Gasteiger partial charge on any atom is -0.351 e. The highest BCUT2D eigenvalue weighted by molar-refractivity contribution is 7.98. The molecule has 10 heteroatoms. The van der Waals surface area contributed by atoms with Gasteiger partial charge in [0.15, 0.2) is 0 Å². The minimum atomic E-state index is -4.07. The lowest BCUT2D eigenvalue weighted by Crippen LogP contribution is -2.46. The molecule has 0 unspecified atom stereocenters. The number of benzene rings is 2. The Hall–Kier alpha value is -1.32. The van der Waals surface area contributed by atoms with Crippen molar-refractivity contribution < 1.29 is 17.6 Å². The summed E-state index contributed by atoms with van der Waals surface area (Å²) in [7, 11) is -4.07. The van der Waals surface area contributed by atoms with Crippen LogP contribution >= 0.6 is 35.0 Å². The molecule has 29 heavy (non-hydrogen) atoms. The fraction of sp³-hybridized carbons (Fsp3) is 0.316. The molecule has 0 aliphatic carbocycles. The fourth-order valence-corrected chi connectivity index (χ4v) is 5.01. The van der Waals surface area contributed by atoms with Gasteiger partial charge in [-0.3, -0.25) is 4.79 Å². The van der Waals surface area contributed by atoms with E-state index >= 15 is 0 Å². The second kappa shape index (κ2) is 10.6. The summed E-state index contributed by atoms with van der Waals surface area (Å²) in [5.41, 5.74) is 1.17. The van der Waals surface area contributed by atoms with Crippen LogP contribution in [0.25, 0.3) is 0 Å². The Morgan fingerprint density at radius 3 is 2.59 bits per heavy atom. The topological polar surface area (TPSA) is 75.3 Å². The molecule has 0 fully saturated rings. The lowest BCUT2D eigenvalue weighted by molar-refractivity contribution is -0.122. The molecule has 2 rings (SSSR count). The van der Waals surface area contributed by atoms with Gasteiger partial charge in [0, 0.05) is 11.6 Å². The highest BCUT2D eigenvalue weighted by Crippen LogP contribution is 2.25. The molecule has 1 atom stereocenters. The van der Waals surface area contributed by atoms with Crippen molar-refractivity contribution in [2.75, 3.05) is 12.0 Å². The zero-order valence-corrected chi connectivity index (χ0v) is 19.0. The second-order valence-corrected chi connectivity index (χ2v) is 9.84. The molecule has 0 aromatic heterocycles. The largest absolute Gasteiger partial charge is 0.351 e. The summed E-state index contributed by atoms with van der Waals surface area (Å²) in [6.45, 7) is 1.78. The van der Waals surface area contributed by atoms with Gasteiger partial charge in [-0.05, 0) is 60.7 Å². The third-order valence-electron chi connectivity index (χ3n) is 4.10. The SMILES string of the molecule is CSCC[C@H](NS(=O)(=O)c1cc(Cl)ccc1Cl)C(=O)NCc1ccc(F)c(C)c1. The van der Waals surface area contributed by atoms with Crippen LogP contribution in [0, 0.1) is 12.7 Å². The molecule has 0 heterocycles. The normalized spacial score (nSPS) is 12.6. The van der Waals surface area contributed by atoms with Gasteiger partial charge >= 0.3 is 0 Å². The maximum absolute atomic E-state index is 13.4. The van der Waals surface area contributed by atoms with Crippen LogP contribution in [0.5, 0.6) is 0 Å². The Morgan fingerprint density at radius 2 is 1.93 bits per heavy atom. The molecule has 0 aliphatic rings. The molecule has 5 nitrogen and oxygen atoms in total. The Bertz CT molecular complexity index is 987. The van der Waals surface area contributed by atoms with Crippen LogP contribution in [-0.2, 0) is 21.4 Å². The van der Waals surface area contributed by atoms with Gasteiger partial charge in [-0.1, -0.05) is 35.3 Å². The Balaban J connectivity index is 2.15. The number of nitrogens with one attached hydrogen (secondary N) is 2. The second-order valence-electron chi connectivity index (χ2n) is 6.33. The van der Waals surface area contributed by atoms with Crippen LogP contribution in [0.15, 0.2) is 41.3 Å². The average molecular weight is 479 g/mol. The van der Waals surface area contributed by atoms with Crippen LogP contribution in [0.2, 0.25) is 10.0 Å². The predicted octanol–water partition coefficient (Wildman–Crippen LogP) is 4.16. The predicted molar refractivity (Wildman–Crippen MR) is 117 cm³/mol. The first kappa shape index (κ1) is 24.0. The summed E-state index contributed by atoms with van der Waals surface area (Å²) in [6, 6.07) is 7.61. The zero-order valence-electron chi connectivity index (χ0n) is 15.8. The molecule has 0 saturated heterocycles. The van der Waals surface area contributed by atoms with E-state index in [1.807, 2.05) is 6.26 Å². The standard InChI is InChI=1S/C19H21Cl2FN2O3S2/c1-12-9-13(3-6-16(12)22)11-23-19(25)17(7-8-28-2)24-29(26,27)18-10-14(20)4-5-15(18)21/h3-6,9-10,17,24H,7-8,11H2,1-2H3,(H,23,25)/t17-/m0/s1. The number of sulfonamides is 1. The minimum absolute atomic E-state index is 0.00714. The van der Waals surface area contributed by atoms with Crippen LogP contribution in [0.4, 0.5) is 4.39 Å². The van der Waals surface area contributed by atoms with E-state index in [1.54, 1.807) is 19.1 Å². The van der Waals surface area contributed by atoms with E-state index in [0.717, 1.165) is 0 Å². The molecule has 2 N–H and O–H groups in total. The Kier molecular flexibility index (Phi) is 8.78. The van der Waals surface area contributed by atoms with Gasteiger partial charge in [0.05, 0.1) is 5.02 Å². The number of thioether (sulfide) groups is 1. The lowest BCUT2D eigenvalue weighted by atomic mass is 10.1. The third kappa shape index (κ3) is 6.86. The van der Waals surface area contributed by atoms with Crippen molar-refractivity contribution in [3.63, 3.8) is 0 Å². The Morgan fingerprint density at radius 1 is 1.21 bits per heavy atom. The first-order valence-electron chi connectivity index (χ1n) is 8.63. The molecule has 0 radical (unpaired) electrons. The van der Waals surface area contributed by atoms with Crippen LogP contribution in [0.3, 0.4) is 0 Å². The lowest BCUT2D eigenvalue weighted by Gasteiger charge is -2.19. The number of halogens is 3. The number of rotatable bonds is 9. The van der Waals surface area contributed by atoms with E-state index in [2.05, 4.69) is 10.0 Å². The van der Waals surface area contributed by atoms with E-state index in [9.17, 15) is 17.6 Å². The first-order valence-corrected chi connectivity index (χ1v) is 12.3. The van der Waals surface area contributed by atoms with Gasteiger partial charge < -0.3 is 5.32 Å². The van der Waals surface area contributed by atoms with E-state index in [1.165, 1.54) is 36.0 Å². The zero-order chi connectivity index (χ0) is 21.6. The van der Waals surface area contributed by atoms with Gasteiger partial charge in [-0.2, -0.15) is 16.5 Å². The summed E-state index contributed by atoms with van der Waals surface area (Å²) in [5, 5.41) is 2.92. The number of hydrogen-bond acceptors (Lipinski definition) is 4. The summed E-state index contributed by atoms with van der Waals surface area (Å²) in [4.78, 5) is 12.5. The number of carbonyl (C=O) groups is 1. The summed E-state index contributed by atoms with van der Waals surface area (Å²) in [5.74, 6) is -0.244. The first-order chi connectivity index (χ1) is 13.6. The van der Waals surface area contributed by atoms with Crippen molar-refractivity contribution in [3.05, 3.63) is 63.4 Å². The van der Waals surface area contributed by atoms with E-state index in [-0.39, 0.29) is 33.7 Å². The quantitative estimate of drug-likeness (QED) is 0.567. The molecular formula is C19H21Cl2FN2O3S2. The Labute approximate surface area is 184 Å². The van der Waals surface area contributed by atoms with Crippen LogP contribution in [-0.4, -0.2) is 32.4 Å². The van der Waals surface area contributed by atoms with Crippen LogP contribution in [0.1, 0.15) is 17.5 Å². The van der Waals surface area contributed by atoms with Crippen LogP contribution < -0.4 is 10.0 Å². The fourth-order valence-electron chi connectivity index (χ4n) is 2.54. The molecule has 2 aromatic carbocycles. The number of carbonyl (C=O) groups excluding carboxylic acids is 1. The summed E-state index contributed by atoms with van der Waals surface area (Å²) >= 11 is 13.4. The van der Waals surface area contributed by atoms with E-state index < -0.39 is 22.0 Å². The van der Waals surface area contributed by atoms with Gasteiger partial charge in [0.25, 0.3) is 0 Å². The molecule has 1 amide bonds. The van der Waals surface area contributed by atoms with E-state index in [0.29, 0.717) is 16.9 Å². The summed E-state index contributed by atoms with van der Waals surface area (Å²) in [6.07, 6.45) is 2.14. The van der Waals surface area contributed by atoms with Gasteiger partial charge in [-0.15, -0.1) is 0 Å².